The molecule has 2 aromatic carbocycles. The quantitative estimate of drug-likeness (QED) is 0.727. The summed E-state index contributed by atoms with van der Waals surface area (Å²) in [5.41, 5.74) is 2.46. The summed E-state index contributed by atoms with van der Waals surface area (Å²) in [6.45, 7) is 5.33. The predicted molar refractivity (Wildman–Crippen MR) is 105 cm³/mol. The van der Waals surface area contributed by atoms with Crippen molar-refractivity contribution in [2.45, 2.75) is 25.0 Å². The Bertz CT molecular complexity index is 615. The summed E-state index contributed by atoms with van der Waals surface area (Å²) in [6.07, 6.45) is 1.33. The van der Waals surface area contributed by atoms with Gasteiger partial charge >= 0.3 is 0 Å². The number of hydrogen-bond acceptors (Lipinski definition) is 4. The lowest BCUT2D eigenvalue weighted by molar-refractivity contribution is 0.0359. The molecule has 4 heteroatoms. The predicted octanol–water partition coefficient (Wildman–Crippen LogP) is 2.64. The van der Waals surface area contributed by atoms with Crippen LogP contribution in [0.4, 0.5) is 0 Å². The molecule has 1 aliphatic rings. The molecule has 1 heterocycles. The number of rotatable bonds is 9. The summed E-state index contributed by atoms with van der Waals surface area (Å²) < 4.78 is 5.44. The van der Waals surface area contributed by atoms with Crippen LogP contribution < -0.4 is 5.32 Å². The van der Waals surface area contributed by atoms with Gasteiger partial charge in [0.25, 0.3) is 0 Å². The fourth-order valence-electron chi connectivity index (χ4n) is 3.45. The maximum atomic E-state index is 10.4. The zero-order valence-corrected chi connectivity index (χ0v) is 15.4. The van der Waals surface area contributed by atoms with Gasteiger partial charge < -0.3 is 15.2 Å². The summed E-state index contributed by atoms with van der Waals surface area (Å²) in [7, 11) is 0. The highest BCUT2D eigenvalue weighted by molar-refractivity contribution is 5.19. The van der Waals surface area contributed by atoms with E-state index in [4.69, 9.17) is 4.74 Å². The molecule has 26 heavy (non-hydrogen) atoms. The molecule has 1 fully saturated rings. The molecule has 0 amide bonds. The summed E-state index contributed by atoms with van der Waals surface area (Å²) in [5.74, 6) is 0. The molecule has 1 aliphatic heterocycles. The highest BCUT2D eigenvalue weighted by Crippen LogP contribution is 2.18. The minimum Gasteiger partial charge on any atom is -0.391 e. The van der Waals surface area contributed by atoms with Crippen LogP contribution in [0, 0.1) is 0 Å². The Morgan fingerprint density at radius 3 is 2.31 bits per heavy atom. The van der Waals surface area contributed by atoms with Gasteiger partial charge in [-0.15, -0.1) is 0 Å². The van der Waals surface area contributed by atoms with Crippen LogP contribution in [0.5, 0.6) is 0 Å². The molecule has 0 bridgehead atoms. The first-order chi connectivity index (χ1) is 12.8. The lowest BCUT2D eigenvalue weighted by Crippen LogP contribution is -2.39. The number of ether oxygens (including phenoxy) is 1. The normalized spacial score (nSPS) is 17.7. The van der Waals surface area contributed by atoms with E-state index in [2.05, 4.69) is 46.6 Å². The lowest BCUT2D eigenvalue weighted by Gasteiger charge is -2.29. The Balaban J connectivity index is 1.53. The molecular weight excluding hydrogens is 324 g/mol. The standard InChI is InChI=1S/C22H30N2O2/c25-21(17-19-7-3-1-4-8-19)18-23-22(20-9-5-2-6-10-20)11-12-24-13-15-26-16-14-24/h1-10,21-23,25H,11-18H2/t21-,22+/m1/s1. The number of nitrogens with zero attached hydrogens (tertiary/aromatic N) is 1. The summed E-state index contributed by atoms with van der Waals surface area (Å²) in [5, 5.41) is 14.0. The second kappa shape index (κ2) is 10.4. The summed E-state index contributed by atoms with van der Waals surface area (Å²) in [4.78, 5) is 2.46. The molecule has 2 aromatic rings. The Kier molecular flexibility index (Phi) is 7.65. The minimum absolute atomic E-state index is 0.254. The van der Waals surface area contributed by atoms with Gasteiger partial charge in [0.2, 0.25) is 0 Å². The van der Waals surface area contributed by atoms with Crippen molar-refractivity contribution in [1.82, 2.24) is 10.2 Å². The molecule has 0 saturated carbocycles. The minimum atomic E-state index is -0.382. The van der Waals surface area contributed by atoms with E-state index in [1.54, 1.807) is 0 Å². The van der Waals surface area contributed by atoms with Gasteiger partial charge in [0.1, 0.15) is 0 Å². The number of aliphatic hydroxyl groups is 1. The van der Waals surface area contributed by atoms with Crippen LogP contribution in [0.25, 0.3) is 0 Å². The molecule has 4 nitrogen and oxygen atoms in total. The topological polar surface area (TPSA) is 44.7 Å². The van der Waals surface area contributed by atoms with Crippen molar-refractivity contribution >= 4 is 0 Å². The molecule has 0 unspecified atom stereocenters. The first-order valence-corrected chi connectivity index (χ1v) is 9.61. The third-order valence-electron chi connectivity index (χ3n) is 4.95. The van der Waals surface area contributed by atoms with Crippen molar-refractivity contribution in [3.05, 3.63) is 71.8 Å². The van der Waals surface area contributed by atoms with Crippen LogP contribution in [0.1, 0.15) is 23.6 Å². The molecule has 1 saturated heterocycles. The van der Waals surface area contributed by atoms with Gasteiger partial charge in [-0.1, -0.05) is 60.7 Å². The van der Waals surface area contributed by atoms with Crippen LogP contribution >= 0.6 is 0 Å². The highest BCUT2D eigenvalue weighted by Gasteiger charge is 2.16. The van der Waals surface area contributed by atoms with Gasteiger partial charge in [-0.2, -0.15) is 0 Å². The van der Waals surface area contributed by atoms with Crippen LogP contribution in [0.2, 0.25) is 0 Å². The highest BCUT2D eigenvalue weighted by atomic mass is 16.5. The molecule has 3 rings (SSSR count). The molecule has 2 atom stereocenters. The first kappa shape index (κ1) is 19.1. The first-order valence-electron chi connectivity index (χ1n) is 9.61. The zero-order chi connectivity index (χ0) is 18.0. The SMILES string of the molecule is O[C@@H](CN[C@@H](CCN1CCOCC1)c1ccccc1)Cc1ccccc1. The summed E-state index contributed by atoms with van der Waals surface area (Å²) in [6, 6.07) is 21.0. The van der Waals surface area contributed by atoms with E-state index < -0.39 is 0 Å². The molecule has 0 aliphatic carbocycles. The molecule has 0 aromatic heterocycles. The average Bonchev–Trinajstić information content (AvgIpc) is 2.70. The van der Waals surface area contributed by atoms with Crippen molar-refractivity contribution in [2.24, 2.45) is 0 Å². The second-order valence-corrected chi connectivity index (χ2v) is 6.96. The van der Waals surface area contributed by atoms with Gasteiger partial charge in [0, 0.05) is 32.2 Å². The van der Waals surface area contributed by atoms with E-state index in [0.29, 0.717) is 13.0 Å². The number of morpholine rings is 1. The number of aliphatic hydroxyl groups excluding tert-OH is 1. The van der Waals surface area contributed by atoms with Crippen LogP contribution in [0.3, 0.4) is 0 Å². The molecular formula is C22H30N2O2. The smallest absolute Gasteiger partial charge is 0.0705 e. The van der Waals surface area contributed by atoms with Gasteiger partial charge in [0.15, 0.2) is 0 Å². The lowest BCUT2D eigenvalue weighted by atomic mass is 10.0. The third-order valence-corrected chi connectivity index (χ3v) is 4.95. The van der Waals surface area contributed by atoms with Crippen molar-refractivity contribution < 1.29 is 9.84 Å². The maximum absolute atomic E-state index is 10.4. The van der Waals surface area contributed by atoms with E-state index in [1.165, 1.54) is 11.1 Å². The van der Waals surface area contributed by atoms with Crippen molar-refractivity contribution in [2.75, 3.05) is 39.4 Å². The van der Waals surface area contributed by atoms with Gasteiger partial charge in [-0.25, -0.2) is 0 Å². The van der Waals surface area contributed by atoms with E-state index in [9.17, 15) is 5.11 Å². The Labute approximate surface area is 156 Å². The molecule has 0 radical (unpaired) electrons. The van der Waals surface area contributed by atoms with Crippen LogP contribution in [-0.2, 0) is 11.2 Å². The Hall–Kier alpha value is -1.72. The molecule has 140 valence electrons. The zero-order valence-electron chi connectivity index (χ0n) is 15.4. The largest absolute Gasteiger partial charge is 0.391 e. The second-order valence-electron chi connectivity index (χ2n) is 6.96. The monoisotopic (exact) mass is 354 g/mol. The molecule has 0 spiro atoms. The van der Waals surface area contributed by atoms with E-state index in [1.807, 2.05) is 24.3 Å². The van der Waals surface area contributed by atoms with Gasteiger partial charge in [0.05, 0.1) is 19.3 Å². The molecule has 2 N–H and O–H groups in total. The van der Waals surface area contributed by atoms with Crippen molar-refractivity contribution in [1.29, 1.82) is 0 Å². The maximum Gasteiger partial charge on any atom is 0.0705 e. The number of benzene rings is 2. The number of hydrogen-bond donors (Lipinski definition) is 2. The summed E-state index contributed by atoms with van der Waals surface area (Å²) >= 11 is 0. The Morgan fingerprint density at radius 1 is 0.962 bits per heavy atom. The fraction of sp³-hybridized carbons (Fsp3) is 0.455. The van der Waals surface area contributed by atoms with Gasteiger partial charge in [-0.05, 0) is 24.0 Å². The van der Waals surface area contributed by atoms with Crippen molar-refractivity contribution in [3.8, 4) is 0 Å². The van der Waals surface area contributed by atoms with Crippen LogP contribution in [0.15, 0.2) is 60.7 Å². The average molecular weight is 354 g/mol. The fourth-order valence-corrected chi connectivity index (χ4v) is 3.45. The van der Waals surface area contributed by atoms with E-state index >= 15 is 0 Å². The van der Waals surface area contributed by atoms with E-state index in [0.717, 1.165) is 39.3 Å². The third kappa shape index (κ3) is 6.22. The van der Waals surface area contributed by atoms with Gasteiger partial charge in [-0.3, -0.25) is 4.90 Å². The number of nitrogens with one attached hydrogen (secondary N) is 1. The van der Waals surface area contributed by atoms with Crippen molar-refractivity contribution in [3.63, 3.8) is 0 Å². The van der Waals surface area contributed by atoms with Crippen LogP contribution in [-0.4, -0.2) is 55.5 Å². The van der Waals surface area contributed by atoms with E-state index in [-0.39, 0.29) is 12.1 Å². The Morgan fingerprint density at radius 2 is 1.62 bits per heavy atom.